The summed E-state index contributed by atoms with van der Waals surface area (Å²) in [5.74, 6) is 0.581. The van der Waals surface area contributed by atoms with E-state index in [9.17, 15) is 0 Å². The van der Waals surface area contributed by atoms with Crippen molar-refractivity contribution in [2.45, 2.75) is 12.1 Å². The second-order valence-electron chi connectivity index (χ2n) is 5.00. The largest absolute Gasteiger partial charge is 0.383 e. The van der Waals surface area contributed by atoms with Gasteiger partial charge in [0.05, 0.1) is 26.4 Å². The van der Waals surface area contributed by atoms with E-state index < -0.39 is 0 Å². The maximum absolute atomic E-state index is 6.05. The van der Waals surface area contributed by atoms with Gasteiger partial charge in [-0.05, 0) is 11.1 Å². The summed E-state index contributed by atoms with van der Waals surface area (Å²) in [7, 11) is 1.70. The Labute approximate surface area is 113 Å². The number of methoxy groups -OCH3 is 1. The van der Waals surface area contributed by atoms with Crippen LogP contribution in [0, 0.1) is 0 Å². The number of nitrogens with zero attached hydrogens (tertiary/aromatic N) is 2. The fourth-order valence-electron chi connectivity index (χ4n) is 2.97. The predicted molar refractivity (Wildman–Crippen MR) is 72.8 cm³/mol. The molecule has 0 bridgehead atoms. The Morgan fingerprint density at radius 3 is 3.16 bits per heavy atom. The summed E-state index contributed by atoms with van der Waals surface area (Å²) in [5.41, 5.74) is 8.30. The van der Waals surface area contributed by atoms with Gasteiger partial charge in [-0.2, -0.15) is 0 Å². The lowest BCUT2D eigenvalue weighted by atomic mass is 9.84. The molecule has 19 heavy (non-hydrogen) atoms. The fraction of sp³-hybridized carbons (Fsp3) is 0.500. The summed E-state index contributed by atoms with van der Waals surface area (Å²) >= 11 is 0. The Morgan fingerprint density at radius 2 is 2.32 bits per heavy atom. The lowest BCUT2D eigenvalue weighted by molar-refractivity contribution is -0.000369. The highest BCUT2D eigenvalue weighted by Gasteiger charge is 2.46. The highest BCUT2D eigenvalue weighted by molar-refractivity contribution is 5.81. The molecule has 0 radical (unpaired) electrons. The van der Waals surface area contributed by atoms with E-state index in [0.29, 0.717) is 32.3 Å². The van der Waals surface area contributed by atoms with Crippen molar-refractivity contribution in [3.8, 4) is 0 Å². The van der Waals surface area contributed by atoms with Gasteiger partial charge >= 0.3 is 0 Å². The minimum atomic E-state index is -0.253. The Bertz CT molecular complexity index is 503. The molecule has 0 amide bonds. The number of fused-ring (bicyclic) bond motifs is 2. The third-order valence-electron chi connectivity index (χ3n) is 3.93. The molecule has 1 unspecified atom stereocenters. The number of aliphatic imine (C=N–C) groups is 1. The topological polar surface area (TPSA) is 60.1 Å². The Hall–Kier alpha value is -1.59. The van der Waals surface area contributed by atoms with Crippen LogP contribution in [0.5, 0.6) is 0 Å². The number of rotatable bonds is 3. The smallest absolute Gasteiger partial charge is 0.192 e. The van der Waals surface area contributed by atoms with Crippen LogP contribution in [0.25, 0.3) is 0 Å². The molecule has 1 aromatic rings. The summed E-state index contributed by atoms with van der Waals surface area (Å²) in [5, 5.41) is 0. The van der Waals surface area contributed by atoms with E-state index in [-0.39, 0.29) is 5.54 Å². The van der Waals surface area contributed by atoms with Crippen LogP contribution >= 0.6 is 0 Å². The first-order valence-corrected chi connectivity index (χ1v) is 6.50. The van der Waals surface area contributed by atoms with Crippen LogP contribution in [0.15, 0.2) is 29.3 Å². The molecular weight excluding hydrogens is 242 g/mol. The third-order valence-corrected chi connectivity index (χ3v) is 3.93. The number of ether oxygens (including phenoxy) is 2. The summed E-state index contributed by atoms with van der Waals surface area (Å²) in [6, 6.07) is 8.37. The van der Waals surface area contributed by atoms with Crippen LogP contribution in [0.4, 0.5) is 0 Å². The number of benzene rings is 1. The molecule has 2 aliphatic heterocycles. The van der Waals surface area contributed by atoms with Crippen molar-refractivity contribution in [3.63, 3.8) is 0 Å². The average molecular weight is 261 g/mol. The van der Waals surface area contributed by atoms with E-state index in [0.717, 1.165) is 6.54 Å². The van der Waals surface area contributed by atoms with Gasteiger partial charge in [0.1, 0.15) is 5.54 Å². The lowest BCUT2D eigenvalue weighted by Gasteiger charge is -2.42. The molecule has 1 spiro atoms. The maximum atomic E-state index is 6.05. The third kappa shape index (κ3) is 1.89. The molecule has 1 aromatic carbocycles. The van der Waals surface area contributed by atoms with Gasteiger partial charge in [0.25, 0.3) is 0 Å². The van der Waals surface area contributed by atoms with Crippen LogP contribution in [0.2, 0.25) is 0 Å². The van der Waals surface area contributed by atoms with Gasteiger partial charge in [0.15, 0.2) is 5.96 Å². The van der Waals surface area contributed by atoms with Crippen LogP contribution in [0.1, 0.15) is 11.1 Å². The number of hydrogen-bond acceptors (Lipinski definition) is 5. The van der Waals surface area contributed by atoms with Gasteiger partial charge < -0.3 is 20.1 Å². The van der Waals surface area contributed by atoms with Gasteiger partial charge in [0.2, 0.25) is 0 Å². The first kappa shape index (κ1) is 12.4. The molecule has 0 saturated carbocycles. The molecule has 0 aromatic heterocycles. The molecule has 3 rings (SSSR count). The molecule has 0 saturated heterocycles. The van der Waals surface area contributed by atoms with E-state index in [2.05, 4.69) is 28.1 Å². The van der Waals surface area contributed by atoms with Crippen LogP contribution in [-0.4, -0.2) is 44.3 Å². The molecule has 1 atom stereocenters. The highest BCUT2D eigenvalue weighted by Crippen LogP contribution is 2.38. The van der Waals surface area contributed by atoms with Gasteiger partial charge in [-0.3, -0.25) is 4.99 Å². The first-order chi connectivity index (χ1) is 9.28. The molecule has 0 fully saturated rings. The highest BCUT2D eigenvalue weighted by atomic mass is 16.5. The zero-order valence-electron chi connectivity index (χ0n) is 11.1. The van der Waals surface area contributed by atoms with Gasteiger partial charge in [-0.15, -0.1) is 0 Å². The van der Waals surface area contributed by atoms with Crippen LogP contribution in [0.3, 0.4) is 0 Å². The van der Waals surface area contributed by atoms with Crippen molar-refractivity contribution < 1.29 is 9.47 Å². The summed E-state index contributed by atoms with van der Waals surface area (Å²) in [6.45, 7) is 3.29. The predicted octanol–water partition coefficient (Wildman–Crippen LogP) is 0.689. The molecule has 102 valence electrons. The van der Waals surface area contributed by atoms with Crippen molar-refractivity contribution in [1.82, 2.24) is 4.90 Å². The Balaban J connectivity index is 1.99. The van der Waals surface area contributed by atoms with Crippen LogP contribution < -0.4 is 5.73 Å². The molecular formula is C14H19N3O2. The normalized spacial score (nSPS) is 25.5. The second-order valence-corrected chi connectivity index (χ2v) is 5.00. The Kier molecular flexibility index (Phi) is 3.16. The second kappa shape index (κ2) is 4.83. The van der Waals surface area contributed by atoms with E-state index in [1.165, 1.54) is 11.1 Å². The first-order valence-electron chi connectivity index (χ1n) is 6.50. The maximum Gasteiger partial charge on any atom is 0.192 e. The molecule has 5 heteroatoms. The van der Waals surface area contributed by atoms with Crippen molar-refractivity contribution in [3.05, 3.63) is 35.4 Å². The van der Waals surface area contributed by atoms with Crippen molar-refractivity contribution >= 4 is 5.96 Å². The number of hydrogen-bond donors (Lipinski definition) is 1. The van der Waals surface area contributed by atoms with E-state index in [1.54, 1.807) is 7.11 Å². The van der Waals surface area contributed by atoms with E-state index in [4.69, 9.17) is 15.2 Å². The summed E-state index contributed by atoms with van der Waals surface area (Å²) < 4.78 is 11.0. The fourth-order valence-corrected chi connectivity index (χ4v) is 2.97. The minimum absolute atomic E-state index is 0.253. The molecule has 2 heterocycles. The quantitative estimate of drug-likeness (QED) is 0.869. The van der Waals surface area contributed by atoms with E-state index in [1.807, 2.05) is 6.07 Å². The van der Waals surface area contributed by atoms with Gasteiger partial charge in [-0.1, -0.05) is 24.3 Å². The van der Waals surface area contributed by atoms with Crippen LogP contribution in [-0.2, 0) is 21.6 Å². The Morgan fingerprint density at radius 1 is 1.47 bits per heavy atom. The van der Waals surface area contributed by atoms with Crippen molar-refractivity contribution in [2.75, 3.05) is 33.4 Å². The molecule has 0 aliphatic carbocycles. The standard InChI is InChI=1S/C14H19N3O2/c1-18-7-6-17-13(15)16-9-14(17)10-19-8-11-4-2-3-5-12(11)14/h2-5H,6-10H2,1H3,(H2,15,16). The van der Waals surface area contributed by atoms with Gasteiger partial charge in [0, 0.05) is 13.7 Å². The summed E-state index contributed by atoms with van der Waals surface area (Å²) in [4.78, 5) is 6.55. The van der Waals surface area contributed by atoms with Gasteiger partial charge in [-0.25, -0.2) is 0 Å². The number of guanidine groups is 1. The molecule has 5 nitrogen and oxygen atoms in total. The monoisotopic (exact) mass is 261 g/mol. The van der Waals surface area contributed by atoms with Crippen molar-refractivity contribution in [2.24, 2.45) is 10.7 Å². The zero-order valence-corrected chi connectivity index (χ0v) is 11.1. The lowest BCUT2D eigenvalue weighted by Crippen LogP contribution is -2.55. The molecule has 2 N–H and O–H groups in total. The number of nitrogens with two attached hydrogens (primary N) is 1. The average Bonchev–Trinajstić information content (AvgIpc) is 2.75. The van der Waals surface area contributed by atoms with Crippen molar-refractivity contribution in [1.29, 1.82) is 0 Å². The molecule has 2 aliphatic rings. The zero-order chi connectivity index (χ0) is 13.3. The minimum Gasteiger partial charge on any atom is -0.383 e. The van der Waals surface area contributed by atoms with E-state index >= 15 is 0 Å². The summed E-state index contributed by atoms with van der Waals surface area (Å²) in [6.07, 6.45) is 0. The SMILES string of the molecule is COCCN1C(N)=NCC12COCc1ccccc12.